The minimum Gasteiger partial charge on any atom is -0.392 e. The van der Waals surface area contributed by atoms with Gasteiger partial charge in [-0.25, -0.2) is 0 Å². The Bertz CT molecular complexity index is 122. The van der Waals surface area contributed by atoms with Gasteiger partial charge in [-0.3, -0.25) is 0 Å². The maximum Gasteiger partial charge on any atom is 0.0667 e. The molecule has 0 aromatic carbocycles. The quantitative estimate of drug-likeness (QED) is 0.553. The molecule has 2 atom stereocenters. The Balaban J connectivity index is 1.84. The molecule has 2 unspecified atom stereocenters. The van der Waals surface area contributed by atoms with Gasteiger partial charge >= 0.3 is 0 Å². The van der Waals surface area contributed by atoms with Crippen molar-refractivity contribution in [1.82, 2.24) is 5.32 Å². The minimum absolute atomic E-state index is 0.0700. The number of nitrogens with one attached hydrogen (secondary N) is 1. The number of rotatable bonds is 1. The molecule has 0 aromatic rings. The summed E-state index contributed by atoms with van der Waals surface area (Å²) in [5.41, 5.74) is 0. The monoisotopic (exact) mass is 141 g/mol. The molecule has 2 N–H and O–H groups in total. The van der Waals surface area contributed by atoms with Gasteiger partial charge in [0.15, 0.2) is 0 Å². The molecule has 2 nitrogen and oxygen atoms in total. The predicted molar refractivity (Wildman–Crippen MR) is 39.7 cm³/mol. The SMILES string of the molecule is OC1CNCC(C2CC2)C1. The average molecular weight is 141 g/mol. The standard InChI is InChI=1S/C8H15NO/c10-8-3-7(4-9-5-8)6-1-2-6/h6-10H,1-5H2. The molecular weight excluding hydrogens is 126 g/mol. The lowest BCUT2D eigenvalue weighted by atomic mass is 9.93. The number of hydrogen-bond donors (Lipinski definition) is 2. The fourth-order valence-corrected chi connectivity index (χ4v) is 1.88. The second kappa shape index (κ2) is 2.51. The molecule has 1 heterocycles. The third-order valence-electron chi connectivity index (χ3n) is 2.65. The first-order chi connectivity index (χ1) is 4.86. The zero-order valence-electron chi connectivity index (χ0n) is 6.21. The van der Waals surface area contributed by atoms with Gasteiger partial charge in [0.1, 0.15) is 0 Å². The zero-order valence-corrected chi connectivity index (χ0v) is 6.21. The predicted octanol–water partition coefficient (Wildman–Crippen LogP) is 0.367. The van der Waals surface area contributed by atoms with Crippen LogP contribution in [0.25, 0.3) is 0 Å². The van der Waals surface area contributed by atoms with Crippen LogP contribution < -0.4 is 5.32 Å². The van der Waals surface area contributed by atoms with E-state index < -0.39 is 0 Å². The molecule has 1 aliphatic heterocycles. The van der Waals surface area contributed by atoms with E-state index in [2.05, 4.69) is 5.32 Å². The minimum atomic E-state index is -0.0700. The molecule has 0 radical (unpaired) electrons. The van der Waals surface area contributed by atoms with E-state index in [-0.39, 0.29) is 6.10 Å². The van der Waals surface area contributed by atoms with E-state index in [9.17, 15) is 5.11 Å². The lowest BCUT2D eigenvalue weighted by molar-refractivity contribution is 0.107. The van der Waals surface area contributed by atoms with Gasteiger partial charge in [0, 0.05) is 6.54 Å². The highest BCUT2D eigenvalue weighted by molar-refractivity contribution is 4.87. The van der Waals surface area contributed by atoms with Crippen molar-refractivity contribution in [3.63, 3.8) is 0 Å². The molecule has 1 saturated heterocycles. The Kier molecular flexibility index (Phi) is 1.66. The molecule has 0 amide bonds. The summed E-state index contributed by atoms with van der Waals surface area (Å²) in [6.45, 7) is 1.95. The van der Waals surface area contributed by atoms with Crippen LogP contribution in [0.5, 0.6) is 0 Å². The highest BCUT2D eigenvalue weighted by Crippen LogP contribution is 2.39. The molecule has 1 saturated carbocycles. The lowest BCUT2D eigenvalue weighted by Crippen LogP contribution is -2.40. The summed E-state index contributed by atoms with van der Waals surface area (Å²) in [7, 11) is 0. The van der Waals surface area contributed by atoms with Gasteiger partial charge < -0.3 is 10.4 Å². The molecule has 2 aliphatic rings. The van der Waals surface area contributed by atoms with Crippen molar-refractivity contribution in [2.75, 3.05) is 13.1 Å². The molecule has 0 aromatic heterocycles. The van der Waals surface area contributed by atoms with E-state index in [0.717, 1.165) is 31.3 Å². The van der Waals surface area contributed by atoms with E-state index >= 15 is 0 Å². The molecule has 2 fully saturated rings. The molecular formula is C8H15NO. The topological polar surface area (TPSA) is 32.3 Å². The van der Waals surface area contributed by atoms with Crippen molar-refractivity contribution in [3.05, 3.63) is 0 Å². The Morgan fingerprint density at radius 3 is 2.50 bits per heavy atom. The fraction of sp³-hybridized carbons (Fsp3) is 1.00. The van der Waals surface area contributed by atoms with Crippen molar-refractivity contribution >= 4 is 0 Å². The Morgan fingerprint density at radius 1 is 1.10 bits per heavy atom. The number of aliphatic hydroxyl groups is 1. The molecule has 1 aliphatic carbocycles. The van der Waals surface area contributed by atoms with Crippen molar-refractivity contribution in [3.8, 4) is 0 Å². The van der Waals surface area contributed by atoms with E-state index in [1.807, 2.05) is 0 Å². The number of aliphatic hydroxyl groups excluding tert-OH is 1. The van der Waals surface area contributed by atoms with Crippen LogP contribution >= 0.6 is 0 Å². The van der Waals surface area contributed by atoms with Crippen LogP contribution in [0, 0.1) is 11.8 Å². The molecule has 2 rings (SSSR count). The summed E-state index contributed by atoms with van der Waals surface area (Å²) in [4.78, 5) is 0. The largest absolute Gasteiger partial charge is 0.392 e. The van der Waals surface area contributed by atoms with Crippen LogP contribution in [0.3, 0.4) is 0 Å². The van der Waals surface area contributed by atoms with E-state index in [1.54, 1.807) is 0 Å². The van der Waals surface area contributed by atoms with Gasteiger partial charge in [-0.15, -0.1) is 0 Å². The lowest BCUT2D eigenvalue weighted by Gasteiger charge is -2.26. The fourth-order valence-electron chi connectivity index (χ4n) is 1.88. The molecule has 0 spiro atoms. The summed E-state index contributed by atoms with van der Waals surface area (Å²) in [6.07, 6.45) is 3.77. The van der Waals surface area contributed by atoms with Crippen molar-refractivity contribution in [2.45, 2.75) is 25.4 Å². The summed E-state index contributed by atoms with van der Waals surface area (Å²) >= 11 is 0. The van der Waals surface area contributed by atoms with Crippen molar-refractivity contribution in [1.29, 1.82) is 0 Å². The summed E-state index contributed by atoms with van der Waals surface area (Å²) in [6, 6.07) is 0. The maximum atomic E-state index is 9.29. The van der Waals surface area contributed by atoms with Gasteiger partial charge in [-0.05, 0) is 37.6 Å². The first-order valence-corrected chi connectivity index (χ1v) is 4.25. The Labute approximate surface area is 61.6 Å². The average Bonchev–Trinajstić information content (AvgIpc) is 2.68. The summed E-state index contributed by atoms with van der Waals surface area (Å²) in [5.74, 6) is 1.73. The Morgan fingerprint density at radius 2 is 1.90 bits per heavy atom. The first kappa shape index (κ1) is 6.62. The molecule has 58 valence electrons. The highest BCUT2D eigenvalue weighted by atomic mass is 16.3. The maximum absolute atomic E-state index is 9.29. The van der Waals surface area contributed by atoms with Crippen LogP contribution in [-0.2, 0) is 0 Å². The third-order valence-corrected chi connectivity index (χ3v) is 2.65. The van der Waals surface area contributed by atoms with E-state index in [4.69, 9.17) is 0 Å². The highest BCUT2D eigenvalue weighted by Gasteiger charge is 2.33. The number of piperidine rings is 1. The van der Waals surface area contributed by atoms with Crippen LogP contribution in [0.4, 0.5) is 0 Å². The Hall–Kier alpha value is -0.0800. The van der Waals surface area contributed by atoms with Crippen LogP contribution in [0.2, 0.25) is 0 Å². The molecule has 10 heavy (non-hydrogen) atoms. The smallest absolute Gasteiger partial charge is 0.0667 e. The van der Waals surface area contributed by atoms with Gasteiger partial charge in [0.05, 0.1) is 6.10 Å². The summed E-state index contributed by atoms with van der Waals surface area (Å²) < 4.78 is 0. The molecule has 2 heteroatoms. The third kappa shape index (κ3) is 1.32. The second-order valence-corrected chi connectivity index (χ2v) is 3.65. The van der Waals surface area contributed by atoms with Gasteiger partial charge in [-0.2, -0.15) is 0 Å². The zero-order chi connectivity index (χ0) is 6.97. The van der Waals surface area contributed by atoms with Crippen LogP contribution in [-0.4, -0.2) is 24.3 Å². The van der Waals surface area contributed by atoms with Gasteiger partial charge in [0.2, 0.25) is 0 Å². The van der Waals surface area contributed by atoms with Crippen molar-refractivity contribution in [2.24, 2.45) is 11.8 Å². The van der Waals surface area contributed by atoms with Gasteiger partial charge in [0.25, 0.3) is 0 Å². The van der Waals surface area contributed by atoms with Gasteiger partial charge in [-0.1, -0.05) is 0 Å². The van der Waals surface area contributed by atoms with Crippen molar-refractivity contribution < 1.29 is 5.11 Å². The number of β-amino-alcohol motifs (C(OH)–C–C–N with tert-alkyl or cyclic N) is 1. The first-order valence-electron chi connectivity index (χ1n) is 4.25. The summed E-state index contributed by atoms with van der Waals surface area (Å²) in [5, 5.41) is 12.5. The second-order valence-electron chi connectivity index (χ2n) is 3.65. The van der Waals surface area contributed by atoms with E-state index in [1.165, 1.54) is 12.8 Å². The van der Waals surface area contributed by atoms with Crippen LogP contribution in [0.15, 0.2) is 0 Å². The normalized spacial score (nSPS) is 41.7. The molecule has 0 bridgehead atoms. The number of hydrogen-bond acceptors (Lipinski definition) is 2. The van der Waals surface area contributed by atoms with E-state index in [0.29, 0.717) is 0 Å². The van der Waals surface area contributed by atoms with Crippen LogP contribution in [0.1, 0.15) is 19.3 Å².